The van der Waals surface area contributed by atoms with Crippen molar-refractivity contribution < 1.29 is 4.79 Å². The van der Waals surface area contributed by atoms with Gasteiger partial charge in [-0.05, 0) is 47.1 Å². The van der Waals surface area contributed by atoms with E-state index in [2.05, 4.69) is 21.2 Å². The van der Waals surface area contributed by atoms with E-state index < -0.39 is 0 Å². The van der Waals surface area contributed by atoms with E-state index >= 15 is 0 Å². The molecule has 0 aliphatic carbocycles. The first-order valence-electron chi connectivity index (χ1n) is 5.52. The number of aromatic nitrogens is 1. The molecular formula is C13H12BrClN2O. The molecule has 0 fully saturated rings. The number of carbonyl (C=O) groups is 1. The lowest BCUT2D eigenvalue weighted by Crippen LogP contribution is -2.16. The van der Waals surface area contributed by atoms with E-state index in [4.69, 9.17) is 11.6 Å². The van der Waals surface area contributed by atoms with Crippen molar-refractivity contribution in [3.05, 3.63) is 51.7 Å². The van der Waals surface area contributed by atoms with E-state index in [9.17, 15) is 4.79 Å². The van der Waals surface area contributed by atoms with Crippen molar-refractivity contribution in [2.24, 2.45) is 0 Å². The summed E-state index contributed by atoms with van der Waals surface area (Å²) < 4.78 is 2.77. The Morgan fingerprint density at radius 3 is 2.89 bits per heavy atom. The number of anilines is 1. The molecule has 1 N–H and O–H groups in total. The Balaban J connectivity index is 2.21. The SMILES string of the molecule is CCn1cc(Br)cc1C(=O)Nc1cccc(Cl)c1. The number of rotatable bonds is 3. The van der Waals surface area contributed by atoms with Crippen LogP contribution in [0.5, 0.6) is 0 Å². The van der Waals surface area contributed by atoms with Crippen molar-refractivity contribution in [3.8, 4) is 0 Å². The molecule has 94 valence electrons. The highest BCUT2D eigenvalue weighted by Gasteiger charge is 2.12. The molecule has 0 bridgehead atoms. The highest BCUT2D eigenvalue weighted by molar-refractivity contribution is 9.10. The third-order valence-electron chi connectivity index (χ3n) is 2.52. The molecule has 18 heavy (non-hydrogen) atoms. The maximum Gasteiger partial charge on any atom is 0.272 e. The number of nitrogens with one attached hydrogen (secondary N) is 1. The van der Waals surface area contributed by atoms with Gasteiger partial charge in [-0.25, -0.2) is 0 Å². The summed E-state index contributed by atoms with van der Waals surface area (Å²) in [7, 11) is 0. The Morgan fingerprint density at radius 2 is 2.22 bits per heavy atom. The number of amides is 1. The summed E-state index contributed by atoms with van der Waals surface area (Å²) in [4.78, 5) is 12.1. The van der Waals surface area contributed by atoms with Crippen LogP contribution < -0.4 is 5.32 Å². The van der Waals surface area contributed by atoms with E-state index in [0.717, 1.165) is 11.0 Å². The Kier molecular flexibility index (Phi) is 4.09. The van der Waals surface area contributed by atoms with Gasteiger partial charge in [0.2, 0.25) is 0 Å². The van der Waals surface area contributed by atoms with E-state index in [-0.39, 0.29) is 5.91 Å². The summed E-state index contributed by atoms with van der Waals surface area (Å²) in [6.45, 7) is 2.73. The Hall–Kier alpha value is -1.26. The summed E-state index contributed by atoms with van der Waals surface area (Å²) >= 11 is 9.24. The van der Waals surface area contributed by atoms with E-state index in [1.165, 1.54) is 0 Å². The molecule has 1 aromatic carbocycles. The third-order valence-corrected chi connectivity index (χ3v) is 3.19. The fraction of sp³-hybridized carbons (Fsp3) is 0.154. The molecule has 0 unspecified atom stereocenters. The van der Waals surface area contributed by atoms with Gasteiger partial charge in [-0.1, -0.05) is 17.7 Å². The number of halogens is 2. The molecule has 1 heterocycles. The average molecular weight is 328 g/mol. The molecule has 1 aromatic heterocycles. The molecule has 0 atom stereocenters. The minimum absolute atomic E-state index is 0.148. The van der Waals surface area contributed by atoms with Crippen molar-refractivity contribution in [1.82, 2.24) is 4.57 Å². The Labute approximate surface area is 119 Å². The summed E-state index contributed by atoms with van der Waals surface area (Å²) in [6, 6.07) is 8.88. The Bertz CT molecular complexity index is 580. The molecule has 1 amide bonds. The predicted octanol–water partition coefficient (Wildman–Crippen LogP) is 4.18. The molecule has 0 spiro atoms. The van der Waals surface area contributed by atoms with Gasteiger partial charge in [0.15, 0.2) is 0 Å². The minimum atomic E-state index is -0.148. The van der Waals surface area contributed by atoms with Gasteiger partial charge < -0.3 is 9.88 Å². The van der Waals surface area contributed by atoms with E-state index in [0.29, 0.717) is 16.4 Å². The number of aryl methyl sites for hydroxylation is 1. The van der Waals surface area contributed by atoms with Gasteiger partial charge in [0.05, 0.1) is 0 Å². The Morgan fingerprint density at radius 1 is 1.44 bits per heavy atom. The van der Waals surface area contributed by atoms with Crippen LogP contribution in [0.25, 0.3) is 0 Å². The molecule has 0 aliphatic rings. The van der Waals surface area contributed by atoms with Crippen LogP contribution in [0.2, 0.25) is 5.02 Å². The second-order valence-electron chi connectivity index (χ2n) is 3.79. The van der Waals surface area contributed by atoms with Crippen LogP contribution in [0.4, 0.5) is 5.69 Å². The topological polar surface area (TPSA) is 34.0 Å². The highest BCUT2D eigenvalue weighted by Crippen LogP contribution is 2.18. The summed E-state index contributed by atoms with van der Waals surface area (Å²) in [6.07, 6.45) is 1.88. The van der Waals surface area contributed by atoms with Gasteiger partial charge in [-0.3, -0.25) is 4.79 Å². The average Bonchev–Trinajstić information content (AvgIpc) is 2.70. The fourth-order valence-electron chi connectivity index (χ4n) is 1.69. The van der Waals surface area contributed by atoms with Crippen LogP contribution in [0.3, 0.4) is 0 Å². The highest BCUT2D eigenvalue weighted by atomic mass is 79.9. The van der Waals surface area contributed by atoms with Crippen molar-refractivity contribution >= 4 is 39.1 Å². The second-order valence-corrected chi connectivity index (χ2v) is 5.15. The van der Waals surface area contributed by atoms with Gasteiger partial charge in [0.25, 0.3) is 5.91 Å². The smallest absolute Gasteiger partial charge is 0.272 e. The second kappa shape index (κ2) is 5.59. The van der Waals surface area contributed by atoms with Crippen LogP contribution in [-0.4, -0.2) is 10.5 Å². The molecule has 2 rings (SSSR count). The van der Waals surface area contributed by atoms with Crippen LogP contribution in [0.1, 0.15) is 17.4 Å². The quantitative estimate of drug-likeness (QED) is 0.901. The maximum atomic E-state index is 12.1. The van der Waals surface area contributed by atoms with Crippen molar-refractivity contribution in [1.29, 1.82) is 0 Å². The van der Waals surface area contributed by atoms with Crippen LogP contribution in [0.15, 0.2) is 41.0 Å². The number of hydrogen-bond donors (Lipinski definition) is 1. The van der Waals surface area contributed by atoms with E-state index in [1.54, 1.807) is 30.3 Å². The molecular weight excluding hydrogens is 316 g/mol. The van der Waals surface area contributed by atoms with Gasteiger partial charge in [0.1, 0.15) is 5.69 Å². The third kappa shape index (κ3) is 2.94. The predicted molar refractivity (Wildman–Crippen MR) is 77.2 cm³/mol. The van der Waals surface area contributed by atoms with Crippen LogP contribution >= 0.6 is 27.5 Å². The fourth-order valence-corrected chi connectivity index (χ4v) is 2.34. The van der Waals surface area contributed by atoms with Gasteiger partial charge in [-0.15, -0.1) is 0 Å². The van der Waals surface area contributed by atoms with Gasteiger partial charge in [0, 0.05) is 27.9 Å². The lowest BCUT2D eigenvalue weighted by Gasteiger charge is -2.07. The van der Waals surface area contributed by atoms with Crippen molar-refractivity contribution in [3.63, 3.8) is 0 Å². The largest absolute Gasteiger partial charge is 0.343 e. The zero-order valence-electron chi connectivity index (χ0n) is 9.78. The lowest BCUT2D eigenvalue weighted by molar-refractivity contribution is 0.101. The summed E-state index contributed by atoms with van der Waals surface area (Å²) in [5, 5.41) is 3.42. The molecule has 0 saturated heterocycles. The van der Waals surface area contributed by atoms with Crippen LogP contribution in [0, 0.1) is 0 Å². The summed E-state index contributed by atoms with van der Waals surface area (Å²) in [5.41, 5.74) is 1.30. The monoisotopic (exact) mass is 326 g/mol. The molecule has 3 nitrogen and oxygen atoms in total. The molecule has 0 saturated carbocycles. The minimum Gasteiger partial charge on any atom is -0.343 e. The van der Waals surface area contributed by atoms with Crippen molar-refractivity contribution in [2.75, 3.05) is 5.32 Å². The molecule has 0 aliphatic heterocycles. The first-order chi connectivity index (χ1) is 8.60. The van der Waals surface area contributed by atoms with Gasteiger partial charge >= 0.3 is 0 Å². The number of carbonyl (C=O) groups excluding carboxylic acids is 1. The zero-order chi connectivity index (χ0) is 13.1. The zero-order valence-corrected chi connectivity index (χ0v) is 12.1. The molecule has 0 radical (unpaired) electrons. The lowest BCUT2D eigenvalue weighted by atomic mass is 10.3. The maximum absolute atomic E-state index is 12.1. The summed E-state index contributed by atoms with van der Waals surface area (Å²) in [5.74, 6) is -0.148. The molecule has 2 aromatic rings. The molecule has 5 heteroatoms. The number of benzene rings is 1. The number of hydrogen-bond acceptors (Lipinski definition) is 1. The van der Waals surface area contributed by atoms with Crippen molar-refractivity contribution in [2.45, 2.75) is 13.5 Å². The van der Waals surface area contributed by atoms with Gasteiger partial charge in [-0.2, -0.15) is 0 Å². The van der Waals surface area contributed by atoms with E-state index in [1.807, 2.05) is 17.7 Å². The first kappa shape index (κ1) is 13.2. The number of nitrogens with zero attached hydrogens (tertiary/aromatic N) is 1. The standard InChI is InChI=1S/C13H12BrClN2O/c1-2-17-8-9(14)6-12(17)13(18)16-11-5-3-4-10(15)7-11/h3-8H,2H2,1H3,(H,16,18). The first-order valence-corrected chi connectivity index (χ1v) is 6.70. The van der Waals surface area contributed by atoms with Crippen LogP contribution in [-0.2, 0) is 6.54 Å². The normalized spacial score (nSPS) is 10.4.